The Balaban J connectivity index is 2.37. The molecule has 0 aromatic carbocycles. The first-order valence-corrected chi connectivity index (χ1v) is 5.02. The molecule has 0 aliphatic rings. The molecule has 2 heterocycles. The fourth-order valence-electron chi connectivity index (χ4n) is 1.19. The van der Waals surface area contributed by atoms with Gasteiger partial charge in [-0.3, -0.25) is 4.98 Å². The van der Waals surface area contributed by atoms with Gasteiger partial charge in [0.15, 0.2) is 5.75 Å². The van der Waals surface area contributed by atoms with Gasteiger partial charge in [0.05, 0.1) is 6.20 Å². The number of aromatic carboxylic acids is 1. The zero-order valence-electron chi connectivity index (χ0n) is 8.50. The van der Waals surface area contributed by atoms with Crippen LogP contribution in [-0.4, -0.2) is 21.0 Å². The summed E-state index contributed by atoms with van der Waals surface area (Å²) in [4.78, 5) is 18.6. The number of ether oxygens (including phenoxy) is 1. The molecule has 2 aromatic rings. The maximum absolute atomic E-state index is 10.9. The van der Waals surface area contributed by atoms with E-state index in [0.29, 0.717) is 5.02 Å². The third-order valence-corrected chi connectivity index (χ3v) is 2.23. The molecule has 0 aliphatic heterocycles. The van der Waals surface area contributed by atoms with Crippen molar-refractivity contribution in [2.45, 2.75) is 0 Å². The number of carbonyl (C=O) groups is 1. The fourth-order valence-corrected chi connectivity index (χ4v) is 1.35. The molecule has 0 amide bonds. The lowest BCUT2D eigenvalue weighted by atomic mass is 10.2. The van der Waals surface area contributed by atoms with E-state index in [-0.39, 0.29) is 17.2 Å². The van der Waals surface area contributed by atoms with E-state index in [9.17, 15) is 4.79 Å². The van der Waals surface area contributed by atoms with Crippen LogP contribution in [0, 0.1) is 0 Å². The molecule has 6 heteroatoms. The van der Waals surface area contributed by atoms with Crippen LogP contribution in [-0.2, 0) is 0 Å². The summed E-state index contributed by atoms with van der Waals surface area (Å²) in [5, 5.41) is 9.25. The molecular formula is C11H7ClN2O3. The average Bonchev–Trinajstić information content (AvgIpc) is 2.32. The second-order valence-electron chi connectivity index (χ2n) is 3.07. The van der Waals surface area contributed by atoms with Gasteiger partial charge in [-0.25, -0.2) is 9.78 Å². The molecule has 5 nitrogen and oxygen atoms in total. The smallest absolute Gasteiger partial charge is 0.339 e. The van der Waals surface area contributed by atoms with Crippen LogP contribution in [0.1, 0.15) is 10.4 Å². The van der Waals surface area contributed by atoms with Crippen molar-refractivity contribution in [2.75, 3.05) is 0 Å². The highest BCUT2D eigenvalue weighted by atomic mass is 35.5. The second kappa shape index (κ2) is 4.80. The van der Waals surface area contributed by atoms with E-state index in [1.165, 1.54) is 24.7 Å². The number of hydrogen-bond acceptors (Lipinski definition) is 4. The summed E-state index contributed by atoms with van der Waals surface area (Å²) in [6.07, 6.45) is 4.17. The molecule has 0 unspecified atom stereocenters. The third-order valence-electron chi connectivity index (χ3n) is 1.95. The molecule has 0 saturated carbocycles. The monoisotopic (exact) mass is 250 g/mol. The lowest BCUT2D eigenvalue weighted by Crippen LogP contribution is -2.01. The van der Waals surface area contributed by atoms with Crippen LogP contribution < -0.4 is 4.74 Å². The summed E-state index contributed by atoms with van der Waals surface area (Å²) >= 11 is 5.85. The minimum atomic E-state index is -1.10. The lowest BCUT2D eigenvalue weighted by Gasteiger charge is -2.07. The highest BCUT2D eigenvalue weighted by Gasteiger charge is 2.13. The predicted octanol–water partition coefficient (Wildman–Crippen LogP) is 2.62. The van der Waals surface area contributed by atoms with Crippen LogP contribution >= 0.6 is 11.6 Å². The van der Waals surface area contributed by atoms with E-state index in [4.69, 9.17) is 21.4 Å². The Morgan fingerprint density at radius 2 is 2.18 bits per heavy atom. The molecule has 1 N–H and O–H groups in total. The minimum absolute atomic E-state index is 0.00159. The Morgan fingerprint density at radius 3 is 2.88 bits per heavy atom. The highest BCUT2D eigenvalue weighted by molar-refractivity contribution is 6.31. The van der Waals surface area contributed by atoms with Crippen LogP contribution in [0.25, 0.3) is 0 Å². The van der Waals surface area contributed by atoms with E-state index in [2.05, 4.69) is 9.97 Å². The van der Waals surface area contributed by atoms with Gasteiger partial charge in [-0.2, -0.15) is 0 Å². The van der Waals surface area contributed by atoms with Crippen molar-refractivity contribution in [1.82, 2.24) is 9.97 Å². The number of nitrogens with zero attached hydrogens (tertiary/aromatic N) is 2. The van der Waals surface area contributed by atoms with Gasteiger partial charge >= 0.3 is 5.97 Å². The van der Waals surface area contributed by atoms with Gasteiger partial charge in [-0.1, -0.05) is 11.6 Å². The molecule has 0 radical (unpaired) electrons. The molecule has 17 heavy (non-hydrogen) atoms. The van der Waals surface area contributed by atoms with Gasteiger partial charge in [-0.05, 0) is 18.2 Å². The van der Waals surface area contributed by atoms with Gasteiger partial charge in [-0.15, -0.1) is 0 Å². The Labute approximate surface area is 102 Å². The van der Waals surface area contributed by atoms with Crippen molar-refractivity contribution in [3.8, 4) is 11.6 Å². The Morgan fingerprint density at radius 1 is 1.35 bits per heavy atom. The van der Waals surface area contributed by atoms with Gasteiger partial charge in [0.25, 0.3) is 0 Å². The molecule has 0 saturated heterocycles. The third kappa shape index (κ3) is 2.51. The van der Waals surface area contributed by atoms with Crippen LogP contribution in [0.4, 0.5) is 0 Å². The number of rotatable bonds is 3. The first-order valence-electron chi connectivity index (χ1n) is 4.64. The number of carboxylic acids is 1. The molecule has 2 aromatic heterocycles. The molecular weight excluding hydrogens is 244 g/mol. The molecule has 86 valence electrons. The van der Waals surface area contributed by atoms with Gasteiger partial charge in [0.1, 0.15) is 10.6 Å². The average molecular weight is 251 g/mol. The number of aromatic nitrogens is 2. The molecule has 2 rings (SSSR count). The fraction of sp³-hybridized carbons (Fsp3) is 0. The normalized spacial score (nSPS) is 9.94. The summed E-state index contributed by atoms with van der Waals surface area (Å²) in [6.45, 7) is 0. The zero-order valence-corrected chi connectivity index (χ0v) is 9.26. The van der Waals surface area contributed by atoms with Gasteiger partial charge < -0.3 is 9.84 Å². The summed E-state index contributed by atoms with van der Waals surface area (Å²) in [5.74, 6) is -0.861. The molecule has 0 aliphatic carbocycles. The largest absolute Gasteiger partial charge is 0.478 e. The molecule has 0 atom stereocenters. The van der Waals surface area contributed by atoms with E-state index >= 15 is 0 Å². The number of carboxylic acid groups (broad SMARTS) is 1. The van der Waals surface area contributed by atoms with Crippen molar-refractivity contribution in [3.63, 3.8) is 0 Å². The van der Waals surface area contributed by atoms with Crippen LogP contribution in [0.5, 0.6) is 11.6 Å². The van der Waals surface area contributed by atoms with E-state index in [1.807, 2.05) is 0 Å². The predicted molar refractivity (Wildman–Crippen MR) is 60.5 cm³/mol. The van der Waals surface area contributed by atoms with E-state index in [0.717, 1.165) is 0 Å². The maximum Gasteiger partial charge on any atom is 0.339 e. The lowest BCUT2D eigenvalue weighted by molar-refractivity contribution is 0.0694. The summed E-state index contributed by atoms with van der Waals surface area (Å²) in [6, 6.07) is 4.59. The second-order valence-corrected chi connectivity index (χ2v) is 3.48. The first-order chi connectivity index (χ1) is 8.18. The molecule has 0 spiro atoms. The van der Waals surface area contributed by atoms with Crippen LogP contribution in [0.15, 0.2) is 36.8 Å². The summed E-state index contributed by atoms with van der Waals surface area (Å²) in [5.41, 5.74) is 0.00159. The SMILES string of the molecule is O=C(O)c1ccncc1Oc1ncccc1Cl. The van der Waals surface area contributed by atoms with Crippen molar-refractivity contribution in [2.24, 2.45) is 0 Å². The van der Waals surface area contributed by atoms with Crippen molar-refractivity contribution < 1.29 is 14.6 Å². The standard InChI is InChI=1S/C11H7ClN2O3/c12-8-2-1-4-14-10(8)17-9-6-13-5-3-7(9)11(15)16/h1-6H,(H,15,16). The van der Waals surface area contributed by atoms with Crippen molar-refractivity contribution >= 4 is 17.6 Å². The number of hydrogen-bond donors (Lipinski definition) is 1. The Hall–Kier alpha value is -2.14. The topological polar surface area (TPSA) is 72.3 Å². The highest BCUT2D eigenvalue weighted by Crippen LogP contribution is 2.28. The zero-order chi connectivity index (χ0) is 12.3. The quantitative estimate of drug-likeness (QED) is 0.907. The van der Waals surface area contributed by atoms with Crippen molar-refractivity contribution in [1.29, 1.82) is 0 Å². The Kier molecular flexibility index (Phi) is 3.20. The summed E-state index contributed by atoms with van der Waals surface area (Å²) < 4.78 is 5.32. The van der Waals surface area contributed by atoms with E-state index in [1.54, 1.807) is 12.1 Å². The molecule has 0 fully saturated rings. The number of pyridine rings is 2. The number of halogens is 1. The van der Waals surface area contributed by atoms with Crippen LogP contribution in [0.2, 0.25) is 5.02 Å². The minimum Gasteiger partial charge on any atom is -0.478 e. The summed E-state index contributed by atoms with van der Waals surface area (Å²) in [7, 11) is 0. The first kappa shape index (κ1) is 11.3. The van der Waals surface area contributed by atoms with Gasteiger partial charge in [0.2, 0.25) is 5.88 Å². The van der Waals surface area contributed by atoms with E-state index < -0.39 is 5.97 Å². The Bertz CT molecular complexity index is 560. The maximum atomic E-state index is 10.9. The van der Waals surface area contributed by atoms with Crippen molar-refractivity contribution in [3.05, 3.63) is 47.4 Å². The van der Waals surface area contributed by atoms with Gasteiger partial charge in [0, 0.05) is 12.4 Å². The van der Waals surface area contributed by atoms with Crippen LogP contribution in [0.3, 0.4) is 0 Å². The molecule has 0 bridgehead atoms.